The Balaban J connectivity index is 1.42. The van der Waals surface area contributed by atoms with Crippen LogP contribution in [0.5, 0.6) is 0 Å². The maximum atomic E-state index is 3.55. The van der Waals surface area contributed by atoms with Crippen LogP contribution in [0.1, 0.15) is 12.0 Å². The average Bonchev–Trinajstić information content (AvgIpc) is 3.16. The molecule has 118 valence electrons. The molecule has 1 aliphatic heterocycles. The number of likely N-dealkylation sites (tertiary alicyclic amines) is 1. The Hall–Kier alpha value is -1.58. The van der Waals surface area contributed by atoms with Crippen LogP contribution in [-0.2, 0) is 13.1 Å². The SMILES string of the molecule is Brc1ccc2c(ccn2CC2CCN(Cc3ccccc3)C2)c1. The van der Waals surface area contributed by atoms with Crippen molar-refractivity contribution in [2.45, 2.75) is 19.5 Å². The molecular weight excluding hydrogens is 348 g/mol. The molecule has 0 aliphatic carbocycles. The molecule has 3 heteroatoms. The normalized spacial score (nSPS) is 18.7. The van der Waals surface area contributed by atoms with Gasteiger partial charge in [0.25, 0.3) is 0 Å². The van der Waals surface area contributed by atoms with E-state index in [1.165, 1.54) is 36.0 Å². The minimum absolute atomic E-state index is 0.748. The molecule has 0 bridgehead atoms. The molecule has 2 nitrogen and oxygen atoms in total. The molecule has 1 fully saturated rings. The van der Waals surface area contributed by atoms with Crippen LogP contribution in [0.3, 0.4) is 0 Å². The molecule has 0 radical (unpaired) electrons. The summed E-state index contributed by atoms with van der Waals surface area (Å²) >= 11 is 3.55. The molecule has 4 rings (SSSR count). The first-order valence-electron chi connectivity index (χ1n) is 8.28. The van der Waals surface area contributed by atoms with E-state index in [0.29, 0.717) is 0 Å². The lowest BCUT2D eigenvalue weighted by molar-refractivity contribution is 0.310. The zero-order valence-electron chi connectivity index (χ0n) is 13.2. The summed E-state index contributed by atoms with van der Waals surface area (Å²) in [7, 11) is 0. The van der Waals surface area contributed by atoms with Gasteiger partial charge in [0, 0.05) is 41.2 Å². The third kappa shape index (κ3) is 3.36. The maximum Gasteiger partial charge on any atom is 0.0481 e. The number of rotatable bonds is 4. The van der Waals surface area contributed by atoms with Gasteiger partial charge < -0.3 is 4.57 Å². The van der Waals surface area contributed by atoms with Gasteiger partial charge in [-0.25, -0.2) is 0 Å². The minimum atomic E-state index is 0.748. The van der Waals surface area contributed by atoms with Crippen LogP contribution in [0, 0.1) is 5.92 Å². The lowest BCUT2D eigenvalue weighted by Gasteiger charge is -2.17. The van der Waals surface area contributed by atoms with E-state index in [1.807, 2.05) is 0 Å². The van der Waals surface area contributed by atoms with Crippen molar-refractivity contribution in [1.29, 1.82) is 0 Å². The monoisotopic (exact) mass is 368 g/mol. The van der Waals surface area contributed by atoms with Crippen molar-refractivity contribution in [2.24, 2.45) is 5.92 Å². The van der Waals surface area contributed by atoms with Gasteiger partial charge in [-0.3, -0.25) is 4.90 Å². The van der Waals surface area contributed by atoms with Crippen molar-refractivity contribution in [3.63, 3.8) is 0 Å². The summed E-state index contributed by atoms with van der Waals surface area (Å²) in [5, 5.41) is 1.32. The van der Waals surface area contributed by atoms with Gasteiger partial charge in [-0.2, -0.15) is 0 Å². The summed E-state index contributed by atoms with van der Waals surface area (Å²) in [6.45, 7) is 4.61. The number of hydrogen-bond donors (Lipinski definition) is 0. The molecule has 0 spiro atoms. The second kappa shape index (κ2) is 6.50. The fourth-order valence-corrected chi connectivity index (χ4v) is 4.03. The first-order chi connectivity index (χ1) is 11.3. The third-order valence-electron chi connectivity index (χ3n) is 4.81. The molecule has 0 amide bonds. The predicted molar refractivity (Wildman–Crippen MR) is 99.5 cm³/mol. The predicted octanol–water partition coefficient (Wildman–Crippen LogP) is 4.93. The first kappa shape index (κ1) is 15.0. The van der Waals surface area contributed by atoms with Gasteiger partial charge >= 0.3 is 0 Å². The van der Waals surface area contributed by atoms with E-state index in [0.717, 1.165) is 23.5 Å². The number of nitrogens with zero attached hydrogens (tertiary/aromatic N) is 2. The second-order valence-electron chi connectivity index (χ2n) is 6.55. The van der Waals surface area contributed by atoms with E-state index in [1.54, 1.807) is 0 Å². The Morgan fingerprint density at radius 3 is 2.78 bits per heavy atom. The van der Waals surface area contributed by atoms with Crippen LogP contribution >= 0.6 is 15.9 Å². The molecule has 0 saturated carbocycles. The summed E-state index contributed by atoms with van der Waals surface area (Å²) in [4.78, 5) is 2.59. The summed E-state index contributed by atoms with van der Waals surface area (Å²) in [6.07, 6.45) is 3.53. The van der Waals surface area contributed by atoms with E-state index in [-0.39, 0.29) is 0 Å². The first-order valence-corrected chi connectivity index (χ1v) is 9.08. The molecule has 1 unspecified atom stereocenters. The van der Waals surface area contributed by atoms with E-state index >= 15 is 0 Å². The second-order valence-corrected chi connectivity index (χ2v) is 7.46. The highest BCUT2D eigenvalue weighted by Gasteiger charge is 2.23. The van der Waals surface area contributed by atoms with Crippen molar-refractivity contribution >= 4 is 26.8 Å². The van der Waals surface area contributed by atoms with Gasteiger partial charge in [0.2, 0.25) is 0 Å². The molecular formula is C20H21BrN2. The van der Waals surface area contributed by atoms with Crippen molar-refractivity contribution in [3.05, 3.63) is 70.8 Å². The molecule has 2 heterocycles. The summed E-state index contributed by atoms with van der Waals surface area (Å²) < 4.78 is 3.57. The van der Waals surface area contributed by atoms with E-state index in [9.17, 15) is 0 Å². The van der Waals surface area contributed by atoms with Crippen LogP contribution < -0.4 is 0 Å². The Morgan fingerprint density at radius 2 is 1.91 bits per heavy atom. The molecule has 2 aromatic carbocycles. The molecule has 1 aromatic heterocycles. The summed E-state index contributed by atoms with van der Waals surface area (Å²) in [5.74, 6) is 0.748. The van der Waals surface area contributed by atoms with Gasteiger partial charge in [-0.1, -0.05) is 46.3 Å². The van der Waals surface area contributed by atoms with Gasteiger partial charge in [0.15, 0.2) is 0 Å². The zero-order valence-corrected chi connectivity index (χ0v) is 14.7. The van der Waals surface area contributed by atoms with Crippen molar-refractivity contribution in [2.75, 3.05) is 13.1 Å². The molecule has 1 aliphatic rings. The number of benzene rings is 2. The molecule has 1 atom stereocenters. The fraction of sp³-hybridized carbons (Fsp3) is 0.300. The third-order valence-corrected chi connectivity index (χ3v) is 5.30. The maximum absolute atomic E-state index is 3.55. The van der Waals surface area contributed by atoms with Gasteiger partial charge in [0.05, 0.1) is 0 Å². The molecule has 3 aromatic rings. The highest BCUT2D eigenvalue weighted by Crippen LogP contribution is 2.25. The Bertz CT molecular complexity index is 794. The zero-order chi connectivity index (χ0) is 15.6. The van der Waals surface area contributed by atoms with Crippen LogP contribution in [0.4, 0.5) is 0 Å². The Labute approximate surface area is 145 Å². The van der Waals surface area contributed by atoms with Crippen molar-refractivity contribution in [1.82, 2.24) is 9.47 Å². The lowest BCUT2D eigenvalue weighted by atomic mass is 10.1. The topological polar surface area (TPSA) is 8.17 Å². The smallest absolute Gasteiger partial charge is 0.0481 e. The summed E-state index contributed by atoms with van der Waals surface area (Å²) in [5.41, 5.74) is 2.76. The quantitative estimate of drug-likeness (QED) is 0.633. The molecule has 23 heavy (non-hydrogen) atoms. The average molecular weight is 369 g/mol. The van der Waals surface area contributed by atoms with Crippen LogP contribution in [0.25, 0.3) is 10.9 Å². The number of aromatic nitrogens is 1. The van der Waals surface area contributed by atoms with Crippen LogP contribution in [-0.4, -0.2) is 22.6 Å². The van der Waals surface area contributed by atoms with Gasteiger partial charge in [-0.05, 0) is 48.7 Å². The largest absolute Gasteiger partial charge is 0.347 e. The number of halogens is 1. The molecule has 0 N–H and O–H groups in total. The van der Waals surface area contributed by atoms with E-state index in [4.69, 9.17) is 0 Å². The van der Waals surface area contributed by atoms with Crippen molar-refractivity contribution < 1.29 is 0 Å². The van der Waals surface area contributed by atoms with Crippen LogP contribution in [0.15, 0.2) is 65.3 Å². The highest BCUT2D eigenvalue weighted by atomic mass is 79.9. The van der Waals surface area contributed by atoms with Crippen molar-refractivity contribution in [3.8, 4) is 0 Å². The minimum Gasteiger partial charge on any atom is -0.347 e. The lowest BCUT2D eigenvalue weighted by Crippen LogP contribution is -2.21. The van der Waals surface area contributed by atoms with E-state index < -0.39 is 0 Å². The summed E-state index contributed by atoms with van der Waals surface area (Å²) in [6, 6.07) is 19.6. The fourth-order valence-electron chi connectivity index (χ4n) is 3.66. The number of fused-ring (bicyclic) bond motifs is 1. The van der Waals surface area contributed by atoms with Gasteiger partial charge in [0.1, 0.15) is 0 Å². The number of hydrogen-bond acceptors (Lipinski definition) is 1. The van der Waals surface area contributed by atoms with E-state index in [2.05, 4.69) is 86.2 Å². The van der Waals surface area contributed by atoms with Crippen LogP contribution in [0.2, 0.25) is 0 Å². The standard InChI is InChI=1S/C20H21BrN2/c21-19-6-7-20-18(12-19)9-11-23(20)15-17-8-10-22(14-17)13-16-4-2-1-3-5-16/h1-7,9,11-12,17H,8,10,13-15H2. The highest BCUT2D eigenvalue weighted by molar-refractivity contribution is 9.10. The Morgan fingerprint density at radius 1 is 1.04 bits per heavy atom. The van der Waals surface area contributed by atoms with Gasteiger partial charge in [-0.15, -0.1) is 0 Å². The molecule has 1 saturated heterocycles. The Kier molecular flexibility index (Phi) is 4.23.